The van der Waals surface area contributed by atoms with E-state index in [1.165, 1.54) is 0 Å². The smallest absolute Gasteiger partial charge is 0.252 e. The molecule has 7 heteroatoms. The molecule has 0 aromatic heterocycles. The number of rotatable bonds is 5. The van der Waals surface area contributed by atoms with Crippen LogP contribution in [-0.2, 0) is 10.0 Å². The first-order chi connectivity index (χ1) is 8.31. The number of nitrogens with two attached hydrogens (primary N) is 1. The molecule has 0 aliphatic carbocycles. The molecule has 18 heavy (non-hydrogen) atoms. The number of carbonyl (C=O) groups is 1. The predicted molar refractivity (Wildman–Crippen MR) is 71.1 cm³/mol. The maximum atomic E-state index is 11.8. The molecule has 0 aliphatic rings. The van der Waals surface area contributed by atoms with E-state index in [-0.39, 0.29) is 24.6 Å². The average Bonchev–Trinajstić information content (AvgIpc) is 2.26. The number of amides is 1. The molecule has 0 saturated carbocycles. The van der Waals surface area contributed by atoms with Crippen LogP contribution in [0.4, 0.5) is 0 Å². The molecule has 0 atom stereocenters. The lowest BCUT2D eigenvalue weighted by Gasteiger charge is -2.07. The van der Waals surface area contributed by atoms with Crippen LogP contribution in [0.1, 0.15) is 22.3 Å². The lowest BCUT2D eigenvalue weighted by atomic mass is 10.1. The van der Waals surface area contributed by atoms with Crippen molar-refractivity contribution < 1.29 is 13.2 Å². The Bertz CT molecular complexity index is 543. The Balaban J connectivity index is 2.54. The lowest BCUT2D eigenvalue weighted by Crippen LogP contribution is -2.27. The molecule has 0 spiro atoms. The number of hydrogen-bond acceptors (Lipinski definition) is 3. The number of primary sulfonamides is 1. The summed E-state index contributed by atoms with van der Waals surface area (Å²) in [5, 5.41) is 7.85. The molecule has 1 amide bonds. The SMILES string of the molecule is Cc1cccc(C(=O)NCCCS(N)(=O)=O)c1Cl. The van der Waals surface area contributed by atoms with Crippen LogP contribution in [-0.4, -0.2) is 26.6 Å². The highest BCUT2D eigenvalue weighted by Crippen LogP contribution is 2.19. The van der Waals surface area contributed by atoms with Gasteiger partial charge in [0.25, 0.3) is 5.91 Å². The van der Waals surface area contributed by atoms with Crippen LogP contribution in [0.3, 0.4) is 0 Å². The van der Waals surface area contributed by atoms with Crippen molar-refractivity contribution in [3.05, 3.63) is 34.3 Å². The first kappa shape index (κ1) is 14.9. The van der Waals surface area contributed by atoms with Crippen LogP contribution in [0.15, 0.2) is 18.2 Å². The Morgan fingerprint density at radius 3 is 2.72 bits per heavy atom. The second-order valence-electron chi connectivity index (χ2n) is 3.91. The minimum absolute atomic E-state index is 0.158. The van der Waals surface area contributed by atoms with Gasteiger partial charge in [0.15, 0.2) is 0 Å². The summed E-state index contributed by atoms with van der Waals surface area (Å²) in [6, 6.07) is 5.16. The molecule has 1 aromatic rings. The quantitative estimate of drug-likeness (QED) is 0.795. The Morgan fingerprint density at radius 2 is 2.11 bits per heavy atom. The summed E-state index contributed by atoms with van der Waals surface area (Å²) in [4.78, 5) is 11.8. The summed E-state index contributed by atoms with van der Waals surface area (Å²) in [5.74, 6) is -0.479. The first-order valence-corrected chi connectivity index (χ1v) is 7.44. The molecule has 0 saturated heterocycles. The van der Waals surface area contributed by atoms with Crippen molar-refractivity contribution >= 4 is 27.5 Å². The Hall–Kier alpha value is -1.11. The van der Waals surface area contributed by atoms with E-state index < -0.39 is 10.0 Å². The fourth-order valence-corrected chi connectivity index (χ4v) is 2.15. The van der Waals surface area contributed by atoms with Crippen molar-refractivity contribution in [2.45, 2.75) is 13.3 Å². The largest absolute Gasteiger partial charge is 0.352 e. The summed E-state index contributed by atoms with van der Waals surface area (Å²) < 4.78 is 21.4. The van der Waals surface area contributed by atoms with Crippen LogP contribution >= 0.6 is 11.6 Å². The molecule has 0 heterocycles. The summed E-state index contributed by atoms with van der Waals surface area (Å²) >= 11 is 6.00. The van der Waals surface area contributed by atoms with Crippen molar-refractivity contribution in [2.24, 2.45) is 5.14 Å². The standard InChI is InChI=1S/C11H15ClN2O3S/c1-8-4-2-5-9(10(8)12)11(15)14-6-3-7-18(13,16)17/h2,4-5H,3,6-7H2,1H3,(H,14,15)(H2,13,16,17). The minimum Gasteiger partial charge on any atom is -0.352 e. The Kier molecular flexibility index (Phi) is 5.13. The van der Waals surface area contributed by atoms with Crippen molar-refractivity contribution in [1.82, 2.24) is 5.32 Å². The minimum atomic E-state index is -3.48. The van der Waals surface area contributed by atoms with Crippen LogP contribution < -0.4 is 10.5 Å². The van der Waals surface area contributed by atoms with E-state index in [0.717, 1.165) is 5.56 Å². The van der Waals surface area contributed by atoms with Crippen molar-refractivity contribution in [3.63, 3.8) is 0 Å². The zero-order valence-electron chi connectivity index (χ0n) is 9.94. The van der Waals surface area contributed by atoms with Gasteiger partial charge in [0.2, 0.25) is 10.0 Å². The lowest BCUT2D eigenvalue weighted by molar-refractivity contribution is 0.0953. The van der Waals surface area contributed by atoms with Gasteiger partial charge >= 0.3 is 0 Å². The van der Waals surface area contributed by atoms with Gasteiger partial charge in [-0.05, 0) is 25.0 Å². The van der Waals surface area contributed by atoms with Gasteiger partial charge in [0, 0.05) is 6.54 Å². The van der Waals surface area contributed by atoms with Gasteiger partial charge in [-0.25, -0.2) is 13.6 Å². The van der Waals surface area contributed by atoms with Gasteiger partial charge < -0.3 is 5.32 Å². The van der Waals surface area contributed by atoms with Crippen molar-refractivity contribution in [1.29, 1.82) is 0 Å². The zero-order chi connectivity index (χ0) is 13.8. The average molecular weight is 291 g/mol. The molecule has 0 aliphatic heterocycles. The molecular formula is C11H15ClN2O3S. The number of aryl methyl sites for hydroxylation is 1. The van der Waals surface area contributed by atoms with Crippen LogP contribution in [0, 0.1) is 6.92 Å². The molecule has 0 fully saturated rings. The summed E-state index contributed by atoms with van der Waals surface area (Å²) in [5.41, 5.74) is 1.20. The van der Waals surface area contributed by atoms with E-state index in [9.17, 15) is 13.2 Å². The molecule has 5 nitrogen and oxygen atoms in total. The van der Waals surface area contributed by atoms with Crippen molar-refractivity contribution in [3.8, 4) is 0 Å². The van der Waals surface area contributed by atoms with Crippen LogP contribution in [0.5, 0.6) is 0 Å². The number of sulfonamides is 1. The second-order valence-corrected chi connectivity index (χ2v) is 6.02. The maximum Gasteiger partial charge on any atom is 0.252 e. The van der Waals surface area contributed by atoms with Gasteiger partial charge in [0.1, 0.15) is 0 Å². The second kappa shape index (κ2) is 6.17. The fraction of sp³-hybridized carbons (Fsp3) is 0.364. The number of nitrogens with one attached hydrogen (secondary N) is 1. The summed E-state index contributed by atoms with van der Waals surface area (Å²) in [6.45, 7) is 2.04. The fourth-order valence-electron chi connectivity index (χ4n) is 1.39. The third-order valence-electron chi connectivity index (χ3n) is 2.33. The van der Waals surface area contributed by atoms with E-state index in [0.29, 0.717) is 10.6 Å². The number of halogens is 1. The molecule has 0 radical (unpaired) electrons. The maximum absolute atomic E-state index is 11.8. The molecule has 0 unspecified atom stereocenters. The topological polar surface area (TPSA) is 89.3 Å². The normalized spacial score (nSPS) is 11.3. The molecule has 1 rings (SSSR count). The summed E-state index contributed by atoms with van der Waals surface area (Å²) in [7, 11) is -3.48. The van der Waals surface area contributed by atoms with Crippen LogP contribution in [0.25, 0.3) is 0 Å². The highest BCUT2D eigenvalue weighted by Gasteiger charge is 2.11. The highest BCUT2D eigenvalue weighted by molar-refractivity contribution is 7.89. The predicted octanol–water partition coefficient (Wildman–Crippen LogP) is 1.06. The third kappa shape index (κ3) is 4.64. The first-order valence-electron chi connectivity index (χ1n) is 5.35. The molecule has 100 valence electrons. The Morgan fingerprint density at radius 1 is 1.44 bits per heavy atom. The van der Waals surface area contributed by atoms with Crippen molar-refractivity contribution in [2.75, 3.05) is 12.3 Å². The number of benzene rings is 1. The Labute approximate surface area is 111 Å². The van der Waals surface area contributed by atoms with Gasteiger partial charge in [0.05, 0.1) is 16.3 Å². The number of carbonyl (C=O) groups excluding carboxylic acids is 1. The summed E-state index contributed by atoms with van der Waals surface area (Å²) in [6.07, 6.45) is 0.272. The van der Waals surface area contributed by atoms with Gasteiger partial charge in [-0.3, -0.25) is 4.79 Å². The van der Waals surface area contributed by atoms with Crippen LogP contribution in [0.2, 0.25) is 5.02 Å². The third-order valence-corrected chi connectivity index (χ3v) is 3.69. The molecule has 3 N–H and O–H groups in total. The molecule has 1 aromatic carbocycles. The van der Waals surface area contributed by atoms with Gasteiger partial charge in [-0.2, -0.15) is 0 Å². The van der Waals surface area contributed by atoms with E-state index in [2.05, 4.69) is 5.32 Å². The highest BCUT2D eigenvalue weighted by atomic mass is 35.5. The number of hydrogen-bond donors (Lipinski definition) is 2. The van der Waals surface area contributed by atoms with E-state index in [1.54, 1.807) is 25.1 Å². The van der Waals surface area contributed by atoms with E-state index in [4.69, 9.17) is 16.7 Å². The van der Waals surface area contributed by atoms with Gasteiger partial charge in [-0.15, -0.1) is 0 Å². The molecule has 0 bridgehead atoms. The van der Waals surface area contributed by atoms with Gasteiger partial charge in [-0.1, -0.05) is 23.7 Å². The molecular weight excluding hydrogens is 276 g/mol. The van der Waals surface area contributed by atoms with E-state index >= 15 is 0 Å². The zero-order valence-corrected chi connectivity index (χ0v) is 11.5. The van der Waals surface area contributed by atoms with E-state index in [1.807, 2.05) is 0 Å². The monoisotopic (exact) mass is 290 g/mol.